The Balaban J connectivity index is 1.42. The molecule has 38 heavy (non-hydrogen) atoms. The molecule has 2 aliphatic carbocycles. The van der Waals surface area contributed by atoms with Crippen LogP contribution in [0, 0.1) is 5.92 Å². The monoisotopic (exact) mass is 524 g/mol. The van der Waals surface area contributed by atoms with E-state index in [1.54, 1.807) is 11.0 Å². The van der Waals surface area contributed by atoms with Gasteiger partial charge in [-0.3, -0.25) is 9.59 Å². The quantitative estimate of drug-likeness (QED) is 0.481. The maximum absolute atomic E-state index is 14.2. The fourth-order valence-electron chi connectivity index (χ4n) is 6.28. The number of fused-ring (bicyclic) bond motifs is 2. The summed E-state index contributed by atoms with van der Waals surface area (Å²) in [5.74, 6) is -1.22. The molecule has 0 fully saturated rings. The highest BCUT2D eigenvalue weighted by molar-refractivity contribution is 6.31. The molecule has 3 aliphatic rings. The van der Waals surface area contributed by atoms with Gasteiger partial charge in [0.1, 0.15) is 0 Å². The van der Waals surface area contributed by atoms with Gasteiger partial charge in [-0.05, 0) is 40.8 Å². The number of aliphatic hydroxyl groups is 1. The normalized spacial score (nSPS) is 25.6. The van der Waals surface area contributed by atoms with Gasteiger partial charge in [-0.25, -0.2) is 0 Å². The number of carbonyl (C=O) groups is 2. The van der Waals surface area contributed by atoms with Gasteiger partial charge in [0.15, 0.2) is 0 Å². The SMILES string of the molecule is O=C(NCCc1ccccc1)C1c2ccccc2C(=O)N([C@H]2c3ccccc3C[C@H]2O)C1C1C=CC(Cl)=C1. The first-order chi connectivity index (χ1) is 18.5. The minimum Gasteiger partial charge on any atom is -0.390 e. The highest BCUT2D eigenvalue weighted by Crippen LogP contribution is 2.47. The Hall–Kier alpha value is -3.67. The van der Waals surface area contributed by atoms with Crippen molar-refractivity contribution < 1.29 is 14.7 Å². The highest BCUT2D eigenvalue weighted by Gasteiger charge is 2.51. The van der Waals surface area contributed by atoms with E-state index in [-0.39, 0.29) is 17.7 Å². The van der Waals surface area contributed by atoms with Gasteiger partial charge in [-0.2, -0.15) is 0 Å². The maximum Gasteiger partial charge on any atom is 0.255 e. The van der Waals surface area contributed by atoms with E-state index in [0.717, 1.165) is 16.7 Å². The molecule has 3 unspecified atom stereocenters. The fourth-order valence-corrected chi connectivity index (χ4v) is 6.50. The molecule has 6 heteroatoms. The third-order valence-electron chi connectivity index (χ3n) is 7.95. The van der Waals surface area contributed by atoms with Crippen LogP contribution >= 0.6 is 11.6 Å². The Morgan fingerprint density at radius 2 is 1.68 bits per heavy atom. The Morgan fingerprint density at radius 3 is 2.45 bits per heavy atom. The number of allylic oxidation sites excluding steroid dienone is 2. The molecule has 2 amide bonds. The Kier molecular flexibility index (Phi) is 6.64. The van der Waals surface area contributed by atoms with Crippen molar-refractivity contribution in [2.45, 2.75) is 36.9 Å². The number of nitrogens with zero attached hydrogens (tertiary/aromatic N) is 1. The van der Waals surface area contributed by atoms with Crippen molar-refractivity contribution in [2.24, 2.45) is 5.92 Å². The van der Waals surface area contributed by atoms with Crippen molar-refractivity contribution in [3.8, 4) is 0 Å². The molecule has 0 saturated carbocycles. The molecular weight excluding hydrogens is 496 g/mol. The zero-order chi connectivity index (χ0) is 26.2. The molecular formula is C32H29ClN2O3. The summed E-state index contributed by atoms with van der Waals surface area (Å²) in [6.45, 7) is 0.480. The van der Waals surface area contributed by atoms with E-state index in [1.807, 2.05) is 91.0 Å². The molecule has 0 radical (unpaired) electrons. The van der Waals surface area contributed by atoms with Gasteiger partial charge in [-0.1, -0.05) is 96.5 Å². The largest absolute Gasteiger partial charge is 0.390 e. The standard InChI is InChI=1S/C32H29ClN2O3/c33-23-15-14-22(18-23)29-28(31(37)34-17-16-20-8-2-1-3-9-20)25-12-6-7-13-26(25)32(38)35(29)30-24-11-5-4-10-21(24)19-27(30)36/h1-15,18,22,27-30,36H,16-17,19H2,(H,34,37)/t22?,27-,28?,29?,30+/m1/s1. The van der Waals surface area contributed by atoms with Gasteiger partial charge < -0.3 is 15.3 Å². The molecule has 1 heterocycles. The molecule has 0 saturated heterocycles. The fraction of sp³-hybridized carbons (Fsp3) is 0.250. The predicted molar refractivity (Wildman–Crippen MR) is 148 cm³/mol. The van der Waals surface area contributed by atoms with Crippen LogP contribution < -0.4 is 5.32 Å². The molecule has 0 spiro atoms. The van der Waals surface area contributed by atoms with Gasteiger partial charge in [0, 0.05) is 29.5 Å². The van der Waals surface area contributed by atoms with Crippen molar-refractivity contribution >= 4 is 23.4 Å². The number of aliphatic hydroxyl groups excluding tert-OH is 1. The lowest BCUT2D eigenvalue weighted by atomic mass is 9.75. The van der Waals surface area contributed by atoms with E-state index < -0.39 is 24.1 Å². The van der Waals surface area contributed by atoms with E-state index in [0.29, 0.717) is 35.5 Å². The van der Waals surface area contributed by atoms with Crippen LogP contribution in [0.5, 0.6) is 0 Å². The van der Waals surface area contributed by atoms with Gasteiger partial charge in [0.2, 0.25) is 5.91 Å². The van der Waals surface area contributed by atoms with Crippen LogP contribution in [0.25, 0.3) is 0 Å². The lowest BCUT2D eigenvalue weighted by Crippen LogP contribution is -2.57. The zero-order valence-electron chi connectivity index (χ0n) is 20.8. The average Bonchev–Trinajstić information content (AvgIpc) is 3.51. The summed E-state index contributed by atoms with van der Waals surface area (Å²) < 4.78 is 0. The predicted octanol–water partition coefficient (Wildman–Crippen LogP) is 4.92. The molecule has 0 aromatic heterocycles. The number of hydrogen-bond donors (Lipinski definition) is 2. The minimum absolute atomic E-state index is 0.138. The van der Waals surface area contributed by atoms with Crippen molar-refractivity contribution in [1.29, 1.82) is 0 Å². The van der Waals surface area contributed by atoms with Gasteiger partial charge >= 0.3 is 0 Å². The Bertz CT molecular complexity index is 1430. The molecule has 2 N–H and O–H groups in total. The lowest BCUT2D eigenvalue weighted by Gasteiger charge is -2.47. The van der Waals surface area contributed by atoms with E-state index in [2.05, 4.69) is 5.32 Å². The minimum atomic E-state index is -0.768. The number of nitrogens with one attached hydrogen (secondary N) is 1. The van der Waals surface area contributed by atoms with Crippen LogP contribution in [-0.2, 0) is 17.6 Å². The summed E-state index contributed by atoms with van der Waals surface area (Å²) in [5.41, 5.74) is 4.30. The van der Waals surface area contributed by atoms with Crippen molar-refractivity contribution in [2.75, 3.05) is 6.54 Å². The van der Waals surface area contributed by atoms with E-state index >= 15 is 0 Å². The number of rotatable bonds is 6. The van der Waals surface area contributed by atoms with Crippen LogP contribution in [0.1, 0.15) is 44.6 Å². The molecule has 192 valence electrons. The van der Waals surface area contributed by atoms with Gasteiger partial charge in [0.05, 0.1) is 24.1 Å². The molecule has 1 aliphatic heterocycles. The van der Waals surface area contributed by atoms with Crippen molar-refractivity contribution in [1.82, 2.24) is 10.2 Å². The number of amides is 2. The first-order valence-corrected chi connectivity index (χ1v) is 13.5. The van der Waals surface area contributed by atoms with Crippen LogP contribution in [0.15, 0.2) is 102 Å². The van der Waals surface area contributed by atoms with Crippen LogP contribution in [0.3, 0.4) is 0 Å². The summed E-state index contributed by atoms with van der Waals surface area (Å²) in [6, 6.07) is 24.1. The molecule has 5 nitrogen and oxygen atoms in total. The molecule has 3 aromatic rings. The maximum atomic E-state index is 14.2. The average molecular weight is 525 g/mol. The second-order valence-electron chi connectivity index (χ2n) is 10.2. The number of halogens is 1. The van der Waals surface area contributed by atoms with E-state index in [9.17, 15) is 14.7 Å². The summed E-state index contributed by atoms with van der Waals surface area (Å²) in [7, 11) is 0. The zero-order valence-corrected chi connectivity index (χ0v) is 21.6. The van der Waals surface area contributed by atoms with Crippen LogP contribution in [0.2, 0.25) is 0 Å². The smallest absolute Gasteiger partial charge is 0.255 e. The van der Waals surface area contributed by atoms with Crippen molar-refractivity contribution in [3.05, 3.63) is 130 Å². The number of carbonyl (C=O) groups excluding carboxylic acids is 2. The Labute approximate surface area is 227 Å². The first-order valence-electron chi connectivity index (χ1n) is 13.1. The Morgan fingerprint density at radius 1 is 0.974 bits per heavy atom. The number of hydrogen-bond acceptors (Lipinski definition) is 3. The first kappa shape index (κ1) is 24.7. The van der Waals surface area contributed by atoms with Crippen LogP contribution in [-0.4, -0.2) is 40.5 Å². The van der Waals surface area contributed by atoms with Gasteiger partial charge in [-0.15, -0.1) is 0 Å². The molecule has 6 rings (SSSR count). The summed E-state index contributed by atoms with van der Waals surface area (Å²) >= 11 is 6.38. The third-order valence-corrected chi connectivity index (χ3v) is 8.20. The molecule has 3 aromatic carbocycles. The second kappa shape index (κ2) is 10.2. The third kappa shape index (κ3) is 4.36. The van der Waals surface area contributed by atoms with Crippen molar-refractivity contribution in [3.63, 3.8) is 0 Å². The summed E-state index contributed by atoms with van der Waals surface area (Å²) in [5, 5.41) is 15.0. The second-order valence-corrected chi connectivity index (χ2v) is 10.6. The summed E-state index contributed by atoms with van der Waals surface area (Å²) in [6.07, 6.45) is 6.08. The molecule has 5 atom stereocenters. The van der Waals surface area contributed by atoms with Crippen LogP contribution in [0.4, 0.5) is 0 Å². The highest BCUT2D eigenvalue weighted by atomic mass is 35.5. The van der Waals surface area contributed by atoms with E-state index in [4.69, 9.17) is 11.6 Å². The molecule has 0 bridgehead atoms. The number of benzene rings is 3. The summed E-state index contributed by atoms with van der Waals surface area (Å²) in [4.78, 5) is 30.0. The van der Waals surface area contributed by atoms with E-state index in [1.165, 1.54) is 0 Å². The van der Waals surface area contributed by atoms with Gasteiger partial charge in [0.25, 0.3) is 5.91 Å². The lowest BCUT2D eigenvalue weighted by molar-refractivity contribution is -0.125. The topological polar surface area (TPSA) is 69.6 Å².